The fraction of sp³-hybridized carbons (Fsp3) is 0.150. The van der Waals surface area contributed by atoms with Crippen LogP contribution in [0.2, 0.25) is 0 Å². The van der Waals surface area contributed by atoms with Crippen molar-refractivity contribution in [3.8, 4) is 0 Å². The van der Waals surface area contributed by atoms with Crippen LogP contribution in [-0.2, 0) is 16.4 Å². The van der Waals surface area contributed by atoms with Gasteiger partial charge in [-0.1, -0.05) is 24.3 Å². The number of rotatable bonds is 3. The van der Waals surface area contributed by atoms with E-state index >= 15 is 0 Å². The van der Waals surface area contributed by atoms with E-state index < -0.39 is 32.6 Å². The molecule has 1 aliphatic rings. The number of hydrogen-bond donors (Lipinski definition) is 2. The van der Waals surface area contributed by atoms with Crippen molar-refractivity contribution in [2.24, 2.45) is 0 Å². The van der Waals surface area contributed by atoms with Gasteiger partial charge in [-0.2, -0.15) is 15.1 Å². The number of hydrogen-bond acceptors (Lipinski definition) is 7. The molecule has 9 nitrogen and oxygen atoms in total. The fourth-order valence-electron chi connectivity index (χ4n) is 4.00. The van der Waals surface area contributed by atoms with Gasteiger partial charge in [0.05, 0.1) is 29.9 Å². The fourth-order valence-corrected chi connectivity index (χ4v) is 5.65. The Morgan fingerprint density at radius 3 is 2.47 bits per heavy atom. The molecular weight excluding hydrogens is 440 g/mol. The van der Waals surface area contributed by atoms with Crippen molar-refractivity contribution in [3.05, 3.63) is 65.9 Å². The van der Waals surface area contributed by atoms with Gasteiger partial charge in [0.2, 0.25) is 5.95 Å². The van der Waals surface area contributed by atoms with Crippen LogP contribution in [0.25, 0.3) is 11.0 Å². The second kappa shape index (κ2) is 7.12. The Kier molecular flexibility index (Phi) is 4.48. The van der Waals surface area contributed by atoms with Gasteiger partial charge in [0.25, 0.3) is 10.0 Å². The number of nitrogens with zero attached hydrogens (tertiary/aromatic N) is 5. The molecule has 0 bridgehead atoms. The molecule has 4 N–H and O–H groups in total. The van der Waals surface area contributed by atoms with Crippen molar-refractivity contribution >= 4 is 38.5 Å². The van der Waals surface area contributed by atoms with Crippen molar-refractivity contribution < 1.29 is 17.2 Å². The molecule has 4 aromatic rings. The summed E-state index contributed by atoms with van der Waals surface area (Å²) < 4.78 is 58.2. The van der Waals surface area contributed by atoms with Crippen LogP contribution in [0.1, 0.15) is 11.6 Å². The summed E-state index contributed by atoms with van der Waals surface area (Å²) in [5.74, 6) is -2.23. The zero-order valence-electron chi connectivity index (χ0n) is 16.5. The second-order valence-electron chi connectivity index (χ2n) is 7.37. The van der Waals surface area contributed by atoms with E-state index in [2.05, 4.69) is 15.1 Å². The number of benzene rings is 2. The molecule has 0 radical (unpaired) electrons. The molecule has 1 aliphatic heterocycles. The van der Waals surface area contributed by atoms with Crippen LogP contribution in [0, 0.1) is 11.6 Å². The molecule has 2 aromatic heterocycles. The lowest BCUT2D eigenvalue weighted by Crippen LogP contribution is -2.41. The molecule has 12 heteroatoms. The minimum Gasteiger partial charge on any atom is -0.383 e. The maximum atomic E-state index is 14.4. The molecule has 1 atom stereocenters. The summed E-state index contributed by atoms with van der Waals surface area (Å²) in [7, 11) is -4.57. The van der Waals surface area contributed by atoms with Crippen LogP contribution in [-0.4, -0.2) is 34.7 Å². The van der Waals surface area contributed by atoms with Crippen LogP contribution in [0.5, 0.6) is 0 Å². The number of aromatic nitrogens is 4. The minimum absolute atomic E-state index is 0.0501. The van der Waals surface area contributed by atoms with Gasteiger partial charge >= 0.3 is 0 Å². The summed E-state index contributed by atoms with van der Waals surface area (Å²) in [4.78, 5) is 7.11. The van der Waals surface area contributed by atoms with E-state index in [4.69, 9.17) is 11.5 Å². The van der Waals surface area contributed by atoms with Gasteiger partial charge in [-0.3, -0.25) is 4.31 Å². The van der Waals surface area contributed by atoms with Crippen LogP contribution in [0.4, 0.5) is 26.2 Å². The lowest BCUT2D eigenvalue weighted by molar-refractivity contribution is 0.453. The zero-order chi connectivity index (χ0) is 22.6. The van der Waals surface area contributed by atoms with Crippen molar-refractivity contribution in [2.45, 2.75) is 17.4 Å². The molecule has 0 aliphatic carbocycles. The van der Waals surface area contributed by atoms with Gasteiger partial charge in [0.15, 0.2) is 10.5 Å². The van der Waals surface area contributed by atoms with E-state index in [0.717, 1.165) is 22.5 Å². The average Bonchev–Trinajstić information content (AvgIpc) is 3.16. The zero-order valence-corrected chi connectivity index (χ0v) is 17.3. The van der Waals surface area contributed by atoms with Gasteiger partial charge in [0, 0.05) is 0 Å². The predicted octanol–water partition coefficient (Wildman–Crippen LogP) is 2.26. The lowest BCUT2D eigenvalue weighted by atomic mass is 10.00. The monoisotopic (exact) mass is 457 g/mol. The van der Waals surface area contributed by atoms with Gasteiger partial charge in [-0.05, 0) is 30.2 Å². The first-order chi connectivity index (χ1) is 15.3. The number of anilines is 3. The van der Waals surface area contributed by atoms with Crippen LogP contribution < -0.4 is 15.8 Å². The molecule has 0 spiro atoms. The quantitative estimate of drug-likeness (QED) is 0.482. The van der Waals surface area contributed by atoms with Crippen LogP contribution in [0.3, 0.4) is 0 Å². The number of nitrogens with two attached hydrogens (primary N) is 2. The highest BCUT2D eigenvalue weighted by Crippen LogP contribution is 2.37. The Labute approximate surface area is 181 Å². The molecule has 3 heterocycles. The first-order valence-electron chi connectivity index (χ1n) is 9.58. The van der Waals surface area contributed by atoms with E-state index in [1.165, 1.54) is 10.9 Å². The third-order valence-corrected chi connectivity index (χ3v) is 7.24. The van der Waals surface area contributed by atoms with E-state index in [0.29, 0.717) is 28.7 Å². The summed E-state index contributed by atoms with van der Waals surface area (Å²) in [5, 5.41) is 4.79. The molecule has 2 aromatic carbocycles. The highest BCUT2D eigenvalue weighted by atomic mass is 32.2. The number of sulfonamides is 1. The molecule has 1 unspecified atom stereocenters. The first kappa shape index (κ1) is 20.1. The van der Waals surface area contributed by atoms with E-state index in [9.17, 15) is 17.2 Å². The number of halogens is 2. The van der Waals surface area contributed by atoms with Gasteiger partial charge in [0.1, 0.15) is 17.5 Å². The highest BCUT2D eigenvalue weighted by molar-refractivity contribution is 7.92. The Hall–Kier alpha value is -3.80. The lowest BCUT2D eigenvalue weighted by Gasteiger charge is -2.35. The van der Waals surface area contributed by atoms with E-state index in [1.807, 2.05) is 0 Å². The minimum atomic E-state index is -4.57. The molecular formula is C20H17F2N7O2S. The van der Waals surface area contributed by atoms with Crippen molar-refractivity contribution in [2.75, 3.05) is 22.3 Å². The Bertz CT molecular complexity index is 1450. The SMILES string of the molecule is Nc1nc(N)c2cnn(C3Cc4ccccc4N(S(=O)(=O)c4c(F)cccc4F)C3)c2n1. The third-order valence-electron chi connectivity index (χ3n) is 5.41. The highest BCUT2D eigenvalue weighted by Gasteiger charge is 2.37. The molecule has 0 saturated carbocycles. The van der Waals surface area contributed by atoms with E-state index in [-0.39, 0.29) is 18.3 Å². The number of fused-ring (bicyclic) bond motifs is 2. The summed E-state index contributed by atoms with van der Waals surface area (Å²) in [5.41, 5.74) is 13.0. The Morgan fingerprint density at radius 1 is 1.00 bits per heavy atom. The van der Waals surface area contributed by atoms with Gasteiger partial charge in [-0.15, -0.1) is 0 Å². The summed E-state index contributed by atoms with van der Waals surface area (Å²) >= 11 is 0. The standard InChI is InChI=1S/C20H17F2N7O2S/c21-14-5-3-6-15(22)17(14)32(30,31)28-10-12(8-11-4-1-2-7-16(11)28)29-19-13(9-25-29)18(23)26-20(24)27-19/h1-7,9,12H,8,10H2,(H4,23,24,26,27). The summed E-state index contributed by atoms with van der Waals surface area (Å²) in [6.45, 7) is -0.131. The topological polar surface area (TPSA) is 133 Å². The Balaban J connectivity index is 1.67. The largest absolute Gasteiger partial charge is 0.383 e. The van der Waals surface area contributed by atoms with E-state index in [1.54, 1.807) is 24.3 Å². The molecule has 0 fully saturated rings. The van der Waals surface area contributed by atoms with Crippen LogP contribution in [0.15, 0.2) is 53.6 Å². The maximum Gasteiger partial charge on any atom is 0.270 e. The molecule has 0 amide bonds. The molecule has 0 saturated heterocycles. The molecule has 5 rings (SSSR count). The summed E-state index contributed by atoms with van der Waals surface area (Å²) in [6.07, 6.45) is 1.88. The predicted molar refractivity (Wildman–Crippen MR) is 114 cm³/mol. The van der Waals surface area contributed by atoms with Crippen LogP contribution >= 0.6 is 0 Å². The van der Waals surface area contributed by atoms with Crippen molar-refractivity contribution in [3.63, 3.8) is 0 Å². The average molecular weight is 457 g/mol. The smallest absolute Gasteiger partial charge is 0.270 e. The normalized spacial score (nSPS) is 16.3. The van der Waals surface area contributed by atoms with Gasteiger partial charge < -0.3 is 11.5 Å². The van der Waals surface area contributed by atoms with Crippen molar-refractivity contribution in [1.82, 2.24) is 19.7 Å². The molecule has 32 heavy (non-hydrogen) atoms. The second-order valence-corrected chi connectivity index (χ2v) is 9.17. The Morgan fingerprint density at radius 2 is 1.72 bits per heavy atom. The molecule has 164 valence electrons. The first-order valence-corrected chi connectivity index (χ1v) is 11.0. The van der Waals surface area contributed by atoms with Gasteiger partial charge in [-0.25, -0.2) is 21.9 Å². The summed E-state index contributed by atoms with van der Waals surface area (Å²) in [6, 6.07) is 9.17. The maximum absolute atomic E-state index is 14.4. The van der Waals surface area contributed by atoms with Crippen molar-refractivity contribution in [1.29, 1.82) is 0 Å². The third kappa shape index (κ3) is 3.02. The number of para-hydroxylation sites is 1. The number of nitrogen functional groups attached to an aromatic ring is 2.